The SMILES string of the molecule is OB(O)c1cc(-c2ccccc2)ccn1. The summed E-state index contributed by atoms with van der Waals surface area (Å²) in [6, 6.07) is 13.2. The minimum Gasteiger partial charge on any atom is -0.422 e. The molecule has 1 aromatic heterocycles. The van der Waals surface area contributed by atoms with Crippen molar-refractivity contribution in [3.05, 3.63) is 48.7 Å². The summed E-state index contributed by atoms with van der Waals surface area (Å²) in [5.74, 6) is 0. The van der Waals surface area contributed by atoms with Gasteiger partial charge in [-0.1, -0.05) is 30.3 Å². The lowest BCUT2D eigenvalue weighted by atomic mass is 9.84. The molecule has 0 radical (unpaired) electrons. The van der Waals surface area contributed by atoms with Crippen LogP contribution in [0.1, 0.15) is 0 Å². The van der Waals surface area contributed by atoms with Gasteiger partial charge in [0.1, 0.15) is 0 Å². The predicted molar refractivity (Wildman–Crippen MR) is 59.5 cm³/mol. The molecule has 0 bridgehead atoms. The minimum atomic E-state index is -1.52. The third-order valence-corrected chi connectivity index (χ3v) is 2.15. The van der Waals surface area contributed by atoms with Crippen LogP contribution >= 0.6 is 0 Å². The van der Waals surface area contributed by atoms with Gasteiger partial charge in [0.05, 0.1) is 5.59 Å². The summed E-state index contributed by atoms with van der Waals surface area (Å²) in [5.41, 5.74) is 2.21. The number of pyridine rings is 1. The lowest BCUT2D eigenvalue weighted by molar-refractivity contribution is 0.424. The van der Waals surface area contributed by atoms with Crippen molar-refractivity contribution in [3.63, 3.8) is 0 Å². The van der Waals surface area contributed by atoms with Gasteiger partial charge in [-0.05, 0) is 23.3 Å². The van der Waals surface area contributed by atoms with E-state index in [0.717, 1.165) is 11.1 Å². The van der Waals surface area contributed by atoms with Gasteiger partial charge < -0.3 is 10.0 Å². The Bertz CT molecular complexity index is 445. The number of rotatable bonds is 2. The highest BCUT2D eigenvalue weighted by Gasteiger charge is 2.12. The Kier molecular flexibility index (Phi) is 2.80. The number of hydrogen-bond donors (Lipinski definition) is 2. The molecule has 3 nitrogen and oxygen atoms in total. The Morgan fingerprint density at radius 1 is 0.933 bits per heavy atom. The predicted octanol–water partition coefficient (Wildman–Crippen LogP) is 0.428. The number of aromatic nitrogens is 1. The maximum absolute atomic E-state index is 8.99. The smallest absolute Gasteiger partial charge is 0.422 e. The number of nitrogens with zero attached hydrogens (tertiary/aromatic N) is 1. The standard InChI is InChI=1S/C11H10BNO2/c14-12(15)11-8-10(6-7-13-11)9-4-2-1-3-5-9/h1-8,14-15H. The highest BCUT2D eigenvalue weighted by Crippen LogP contribution is 2.16. The minimum absolute atomic E-state index is 0.261. The zero-order chi connectivity index (χ0) is 10.7. The quantitative estimate of drug-likeness (QED) is 0.689. The molecular weight excluding hydrogens is 189 g/mol. The fourth-order valence-electron chi connectivity index (χ4n) is 1.40. The molecule has 1 aromatic carbocycles. The Labute approximate surface area is 88.2 Å². The zero-order valence-corrected chi connectivity index (χ0v) is 8.04. The largest absolute Gasteiger partial charge is 0.508 e. The number of benzene rings is 1. The van der Waals surface area contributed by atoms with Gasteiger partial charge in [0.2, 0.25) is 0 Å². The van der Waals surface area contributed by atoms with Gasteiger partial charge in [-0.3, -0.25) is 4.98 Å². The van der Waals surface area contributed by atoms with Crippen molar-refractivity contribution in [1.29, 1.82) is 0 Å². The lowest BCUT2D eigenvalue weighted by Gasteiger charge is -2.03. The van der Waals surface area contributed by atoms with E-state index in [4.69, 9.17) is 10.0 Å². The molecule has 0 saturated heterocycles. The number of hydrogen-bond acceptors (Lipinski definition) is 3. The summed E-state index contributed by atoms with van der Waals surface area (Å²) in [6.07, 6.45) is 1.57. The van der Waals surface area contributed by atoms with Crippen LogP contribution in [0.5, 0.6) is 0 Å². The fourth-order valence-corrected chi connectivity index (χ4v) is 1.40. The first-order valence-electron chi connectivity index (χ1n) is 4.65. The van der Waals surface area contributed by atoms with E-state index in [-0.39, 0.29) is 5.59 Å². The summed E-state index contributed by atoms with van der Waals surface area (Å²) < 4.78 is 0. The average molecular weight is 199 g/mol. The normalized spacial score (nSPS) is 10.0. The Hall–Kier alpha value is -1.65. The van der Waals surface area contributed by atoms with Crippen LogP contribution in [0.15, 0.2) is 48.7 Å². The second kappa shape index (κ2) is 4.25. The van der Waals surface area contributed by atoms with E-state index in [1.54, 1.807) is 12.3 Å². The van der Waals surface area contributed by atoms with E-state index in [2.05, 4.69) is 4.98 Å². The molecule has 0 amide bonds. The third kappa shape index (κ3) is 2.23. The molecule has 0 unspecified atom stereocenters. The van der Waals surface area contributed by atoms with Crippen LogP contribution in [0.4, 0.5) is 0 Å². The molecular formula is C11H10BNO2. The summed E-state index contributed by atoms with van der Waals surface area (Å²) in [5, 5.41) is 18.0. The van der Waals surface area contributed by atoms with E-state index < -0.39 is 7.12 Å². The topological polar surface area (TPSA) is 53.4 Å². The molecule has 1 heterocycles. The maximum Gasteiger partial charge on any atom is 0.508 e. The van der Waals surface area contributed by atoms with Crippen LogP contribution in [-0.4, -0.2) is 22.2 Å². The van der Waals surface area contributed by atoms with Crippen molar-refractivity contribution in [2.24, 2.45) is 0 Å². The maximum atomic E-state index is 8.99. The summed E-state index contributed by atoms with van der Waals surface area (Å²) in [7, 11) is -1.52. The average Bonchev–Trinajstić information content (AvgIpc) is 2.30. The van der Waals surface area contributed by atoms with E-state index in [1.165, 1.54) is 0 Å². The van der Waals surface area contributed by atoms with Gasteiger partial charge >= 0.3 is 7.12 Å². The summed E-state index contributed by atoms with van der Waals surface area (Å²) in [4.78, 5) is 3.86. The van der Waals surface area contributed by atoms with Crippen LogP contribution in [-0.2, 0) is 0 Å². The molecule has 4 heteroatoms. The van der Waals surface area contributed by atoms with Gasteiger partial charge in [-0.25, -0.2) is 0 Å². The van der Waals surface area contributed by atoms with Crippen LogP contribution in [0, 0.1) is 0 Å². The molecule has 0 aliphatic carbocycles. The molecule has 74 valence electrons. The van der Waals surface area contributed by atoms with Gasteiger partial charge in [-0.15, -0.1) is 0 Å². The monoisotopic (exact) mass is 199 g/mol. The summed E-state index contributed by atoms with van der Waals surface area (Å²) in [6.45, 7) is 0. The van der Waals surface area contributed by atoms with E-state index in [0.29, 0.717) is 0 Å². The molecule has 2 aromatic rings. The van der Waals surface area contributed by atoms with Gasteiger partial charge in [0.25, 0.3) is 0 Å². The molecule has 0 aliphatic rings. The Morgan fingerprint density at radius 2 is 1.67 bits per heavy atom. The van der Waals surface area contributed by atoms with Crippen molar-refractivity contribution >= 4 is 12.7 Å². The van der Waals surface area contributed by atoms with Gasteiger partial charge in [0, 0.05) is 6.20 Å². The highest BCUT2D eigenvalue weighted by atomic mass is 16.4. The van der Waals surface area contributed by atoms with Crippen molar-refractivity contribution in [3.8, 4) is 11.1 Å². The first kappa shape index (κ1) is 9.89. The van der Waals surface area contributed by atoms with Gasteiger partial charge in [-0.2, -0.15) is 0 Å². The molecule has 0 spiro atoms. The molecule has 0 fully saturated rings. The van der Waals surface area contributed by atoms with E-state index in [1.807, 2.05) is 36.4 Å². The lowest BCUT2D eigenvalue weighted by Crippen LogP contribution is -2.32. The van der Waals surface area contributed by atoms with Gasteiger partial charge in [0.15, 0.2) is 0 Å². The molecule has 0 aliphatic heterocycles. The molecule has 2 rings (SSSR count). The molecule has 2 N–H and O–H groups in total. The van der Waals surface area contributed by atoms with Crippen molar-refractivity contribution < 1.29 is 10.0 Å². The Balaban J connectivity index is 2.42. The summed E-state index contributed by atoms with van der Waals surface area (Å²) >= 11 is 0. The van der Waals surface area contributed by atoms with E-state index >= 15 is 0 Å². The van der Waals surface area contributed by atoms with E-state index in [9.17, 15) is 0 Å². The first-order chi connectivity index (χ1) is 7.27. The molecule has 15 heavy (non-hydrogen) atoms. The highest BCUT2D eigenvalue weighted by molar-refractivity contribution is 6.57. The van der Waals surface area contributed by atoms with Crippen molar-refractivity contribution in [1.82, 2.24) is 4.98 Å². The van der Waals surface area contributed by atoms with Crippen LogP contribution in [0.25, 0.3) is 11.1 Å². The van der Waals surface area contributed by atoms with Crippen molar-refractivity contribution in [2.45, 2.75) is 0 Å². The zero-order valence-electron chi connectivity index (χ0n) is 8.04. The van der Waals surface area contributed by atoms with Crippen molar-refractivity contribution in [2.75, 3.05) is 0 Å². The first-order valence-corrected chi connectivity index (χ1v) is 4.65. The van der Waals surface area contributed by atoms with Crippen LogP contribution in [0.3, 0.4) is 0 Å². The third-order valence-electron chi connectivity index (χ3n) is 2.15. The fraction of sp³-hybridized carbons (Fsp3) is 0. The second-order valence-electron chi connectivity index (χ2n) is 3.21. The molecule has 0 atom stereocenters. The Morgan fingerprint density at radius 3 is 2.33 bits per heavy atom. The molecule has 0 saturated carbocycles. The van der Waals surface area contributed by atoms with Crippen LogP contribution in [0.2, 0.25) is 0 Å². The van der Waals surface area contributed by atoms with Crippen LogP contribution < -0.4 is 5.59 Å². The second-order valence-corrected chi connectivity index (χ2v) is 3.21.